The highest BCUT2D eigenvalue weighted by Gasteiger charge is 2.40. The van der Waals surface area contributed by atoms with E-state index in [1.165, 1.54) is 11.3 Å². The minimum atomic E-state index is -1.01. The predicted molar refractivity (Wildman–Crippen MR) is 109 cm³/mol. The predicted octanol–water partition coefficient (Wildman–Crippen LogP) is 3.83. The molecule has 0 unspecified atom stereocenters. The lowest BCUT2D eigenvalue weighted by Gasteiger charge is -2.36. The van der Waals surface area contributed by atoms with E-state index in [9.17, 15) is 9.90 Å². The second-order valence-electron chi connectivity index (χ2n) is 7.54. The Morgan fingerprint density at radius 3 is 2.83 bits per heavy atom. The van der Waals surface area contributed by atoms with E-state index in [4.69, 9.17) is 9.26 Å². The van der Waals surface area contributed by atoms with Gasteiger partial charge in [-0.25, -0.2) is 0 Å². The van der Waals surface area contributed by atoms with Crippen LogP contribution in [0.1, 0.15) is 41.4 Å². The maximum Gasteiger partial charge on any atom is 0.268 e. The van der Waals surface area contributed by atoms with Crippen LogP contribution in [0, 0.1) is 20.8 Å². The van der Waals surface area contributed by atoms with Crippen LogP contribution in [-0.2, 0) is 17.8 Å². The number of nitrogens with zero attached hydrogens (tertiary/aromatic N) is 2. The molecule has 3 heterocycles. The van der Waals surface area contributed by atoms with E-state index in [0.29, 0.717) is 36.1 Å². The van der Waals surface area contributed by atoms with Gasteiger partial charge in [0.25, 0.3) is 11.8 Å². The minimum Gasteiger partial charge on any atom is -0.507 e. The molecule has 1 amide bonds. The van der Waals surface area contributed by atoms with Gasteiger partial charge in [0.1, 0.15) is 11.5 Å². The number of ether oxygens (including phenoxy) is 1. The number of nitrogens with one attached hydrogen (secondary N) is 1. The van der Waals surface area contributed by atoms with Crippen LogP contribution in [0.5, 0.6) is 11.5 Å². The zero-order valence-corrected chi connectivity index (χ0v) is 17.6. The molecule has 2 aromatic heterocycles. The first-order chi connectivity index (χ1) is 13.8. The summed E-state index contributed by atoms with van der Waals surface area (Å²) in [5.41, 5.74) is 2.42. The summed E-state index contributed by atoms with van der Waals surface area (Å²) >= 11 is 1.51. The molecule has 0 radical (unpaired) electrons. The molecule has 2 N–H and O–H groups in total. The third-order valence-electron chi connectivity index (χ3n) is 5.61. The fourth-order valence-corrected chi connectivity index (χ4v) is 4.22. The van der Waals surface area contributed by atoms with Gasteiger partial charge in [-0.3, -0.25) is 4.79 Å². The molecule has 1 aliphatic heterocycles. The Balaban J connectivity index is 1.48. The second kappa shape index (κ2) is 7.18. The summed E-state index contributed by atoms with van der Waals surface area (Å²) in [6.45, 7) is 7.59. The molecule has 0 fully saturated rings. The number of phenolic OH excluding ortho intramolecular Hbond substituents is 1. The Kier molecular flexibility index (Phi) is 4.82. The normalized spacial score (nSPS) is 18.2. The van der Waals surface area contributed by atoms with Gasteiger partial charge in [0.2, 0.25) is 0 Å². The van der Waals surface area contributed by atoms with Crippen LogP contribution >= 0.6 is 11.3 Å². The smallest absolute Gasteiger partial charge is 0.268 e. The molecule has 29 heavy (non-hydrogen) atoms. The van der Waals surface area contributed by atoms with Gasteiger partial charge in [-0.15, -0.1) is 11.3 Å². The molecular formula is C21H23N3O4S. The van der Waals surface area contributed by atoms with E-state index in [1.807, 2.05) is 38.3 Å². The average molecular weight is 413 g/mol. The van der Waals surface area contributed by atoms with E-state index in [2.05, 4.69) is 15.5 Å². The lowest BCUT2D eigenvalue weighted by molar-refractivity contribution is -0.137. The molecule has 4 rings (SSSR count). The van der Waals surface area contributed by atoms with Gasteiger partial charge in [0.05, 0.1) is 11.4 Å². The number of fused-ring (bicyclic) bond motifs is 1. The van der Waals surface area contributed by atoms with Gasteiger partial charge in [-0.2, -0.15) is 4.98 Å². The first kappa shape index (κ1) is 19.4. The summed E-state index contributed by atoms with van der Waals surface area (Å²) in [6, 6.07) is 3.81. The van der Waals surface area contributed by atoms with Gasteiger partial charge in [0.15, 0.2) is 11.4 Å². The number of benzene rings is 1. The van der Waals surface area contributed by atoms with E-state index in [1.54, 1.807) is 6.92 Å². The fraction of sp³-hybridized carbons (Fsp3) is 0.381. The van der Waals surface area contributed by atoms with Gasteiger partial charge in [0, 0.05) is 12.0 Å². The minimum absolute atomic E-state index is 0.159. The molecule has 1 aromatic carbocycles. The molecule has 152 valence electrons. The fourth-order valence-electron chi connectivity index (χ4n) is 3.58. The van der Waals surface area contributed by atoms with Crippen molar-refractivity contribution in [3.05, 3.63) is 45.6 Å². The van der Waals surface area contributed by atoms with Crippen LogP contribution in [0.2, 0.25) is 0 Å². The van der Waals surface area contributed by atoms with Crippen molar-refractivity contribution >= 4 is 17.2 Å². The highest BCUT2D eigenvalue weighted by molar-refractivity contribution is 7.13. The zero-order valence-electron chi connectivity index (χ0n) is 16.8. The zero-order chi connectivity index (χ0) is 20.8. The first-order valence-corrected chi connectivity index (χ1v) is 10.3. The van der Waals surface area contributed by atoms with E-state index < -0.39 is 5.60 Å². The first-order valence-electron chi connectivity index (χ1n) is 9.45. The number of carbonyl (C=O) groups is 1. The van der Waals surface area contributed by atoms with E-state index >= 15 is 0 Å². The van der Waals surface area contributed by atoms with Crippen LogP contribution in [-0.4, -0.2) is 26.8 Å². The van der Waals surface area contributed by atoms with Gasteiger partial charge >= 0.3 is 0 Å². The Hall–Kier alpha value is -2.87. The number of hydrogen-bond donors (Lipinski definition) is 2. The summed E-state index contributed by atoms with van der Waals surface area (Å²) in [7, 11) is 0. The lowest BCUT2D eigenvalue weighted by atomic mass is 9.86. The molecule has 7 nitrogen and oxygen atoms in total. The number of aromatic hydroxyl groups is 1. The molecule has 0 saturated carbocycles. The number of carbonyl (C=O) groups excluding carboxylic acids is 1. The van der Waals surface area contributed by atoms with E-state index in [0.717, 1.165) is 27.1 Å². The second-order valence-corrected chi connectivity index (χ2v) is 8.49. The van der Waals surface area contributed by atoms with Crippen LogP contribution < -0.4 is 10.1 Å². The number of hydrogen-bond acceptors (Lipinski definition) is 7. The van der Waals surface area contributed by atoms with Crippen molar-refractivity contribution in [3.63, 3.8) is 0 Å². The van der Waals surface area contributed by atoms with Crippen molar-refractivity contribution in [1.82, 2.24) is 15.5 Å². The van der Waals surface area contributed by atoms with Gasteiger partial charge < -0.3 is 19.7 Å². The Morgan fingerprint density at radius 1 is 1.31 bits per heavy atom. The number of aromatic nitrogens is 2. The highest BCUT2D eigenvalue weighted by atomic mass is 32.1. The largest absolute Gasteiger partial charge is 0.507 e. The summed E-state index contributed by atoms with van der Waals surface area (Å²) in [4.78, 5) is 18.1. The van der Waals surface area contributed by atoms with Crippen molar-refractivity contribution in [2.75, 3.05) is 0 Å². The molecular weight excluding hydrogens is 390 g/mol. The van der Waals surface area contributed by atoms with Gasteiger partial charge in [-0.1, -0.05) is 11.2 Å². The maximum absolute atomic E-state index is 12.9. The van der Waals surface area contributed by atoms with Crippen molar-refractivity contribution in [1.29, 1.82) is 0 Å². The summed E-state index contributed by atoms with van der Waals surface area (Å²) < 4.78 is 11.5. The quantitative estimate of drug-likeness (QED) is 0.675. The van der Waals surface area contributed by atoms with Crippen LogP contribution in [0.3, 0.4) is 0 Å². The number of amides is 1. The number of thiophene rings is 1. The Morgan fingerprint density at radius 2 is 2.10 bits per heavy atom. The van der Waals surface area contributed by atoms with Crippen molar-refractivity contribution in [2.24, 2.45) is 0 Å². The molecule has 8 heteroatoms. The Labute approximate surface area is 172 Å². The third-order valence-corrected chi connectivity index (χ3v) is 6.46. The molecule has 0 spiro atoms. The maximum atomic E-state index is 12.9. The van der Waals surface area contributed by atoms with Crippen molar-refractivity contribution in [3.8, 4) is 22.3 Å². The summed E-state index contributed by atoms with van der Waals surface area (Å²) in [6.07, 6.45) is 1.17. The molecule has 0 bridgehead atoms. The van der Waals surface area contributed by atoms with Crippen LogP contribution in [0.25, 0.3) is 10.8 Å². The highest BCUT2D eigenvalue weighted by Crippen LogP contribution is 2.43. The number of rotatable bonds is 4. The van der Waals surface area contributed by atoms with Crippen LogP contribution in [0.15, 0.2) is 22.0 Å². The third kappa shape index (κ3) is 3.37. The molecule has 0 aliphatic carbocycles. The van der Waals surface area contributed by atoms with Gasteiger partial charge in [-0.05, 0) is 62.3 Å². The van der Waals surface area contributed by atoms with Crippen molar-refractivity contribution in [2.45, 2.75) is 52.7 Å². The van der Waals surface area contributed by atoms with E-state index in [-0.39, 0.29) is 12.5 Å². The topological polar surface area (TPSA) is 97.5 Å². The average Bonchev–Trinajstić information content (AvgIpc) is 3.40. The molecule has 1 aliphatic rings. The summed E-state index contributed by atoms with van der Waals surface area (Å²) in [5.74, 6) is 1.63. The molecule has 0 saturated heterocycles. The standard InChI is InChI=1S/C21H23N3O4S/c1-11-12(2)18-14(13(3)17(11)25)7-8-21(4,27-18)20(26)22-10-16-23-19(28-24-16)15-6-5-9-29-15/h5-6,9,25H,7-8,10H2,1-4H3,(H,22,26)/t21-/m1/s1. The number of phenols is 1. The SMILES string of the molecule is Cc1c(C)c2c(c(C)c1O)CC[C@](C)(C(=O)NCc1noc(-c3cccs3)n1)O2. The summed E-state index contributed by atoms with van der Waals surface area (Å²) in [5, 5.41) is 19.0. The molecule has 3 aromatic rings. The van der Waals surface area contributed by atoms with Crippen molar-refractivity contribution < 1.29 is 19.2 Å². The molecule has 1 atom stereocenters. The monoisotopic (exact) mass is 413 g/mol. The van der Waals surface area contributed by atoms with Crippen LogP contribution in [0.4, 0.5) is 0 Å². The lowest BCUT2D eigenvalue weighted by Crippen LogP contribution is -2.50. The Bertz CT molecular complexity index is 1070.